The number of nitrogens with zero attached hydrogens (tertiary/aromatic N) is 6. The smallest absolute Gasteiger partial charge is 0.276 e. The minimum Gasteiger partial charge on any atom is -0.358 e. The maximum absolute atomic E-state index is 13.7. The summed E-state index contributed by atoms with van der Waals surface area (Å²) in [6.07, 6.45) is 4.99. The number of likely N-dealkylation sites (N-methyl/N-ethyl adjacent to an activating group) is 2. The van der Waals surface area contributed by atoms with Crippen LogP contribution in [0.3, 0.4) is 0 Å². The molecule has 0 spiro atoms. The number of amides is 1. The number of hydrogen-bond acceptors (Lipinski definition) is 7. The lowest BCUT2D eigenvalue weighted by Crippen LogP contribution is -2.28. The van der Waals surface area contributed by atoms with Crippen molar-refractivity contribution >= 4 is 40.6 Å². The molecule has 0 saturated carbocycles. The Morgan fingerprint density at radius 3 is 2.70 bits per heavy atom. The van der Waals surface area contributed by atoms with E-state index in [0.717, 1.165) is 41.1 Å². The van der Waals surface area contributed by atoms with E-state index in [1.165, 1.54) is 0 Å². The van der Waals surface area contributed by atoms with Crippen LogP contribution in [0, 0.1) is 0 Å². The van der Waals surface area contributed by atoms with Crippen molar-refractivity contribution in [2.24, 2.45) is 4.99 Å². The van der Waals surface area contributed by atoms with Crippen molar-refractivity contribution < 1.29 is 13.6 Å². The number of aliphatic imine (C=N–C) groups is 1. The highest BCUT2D eigenvalue weighted by molar-refractivity contribution is 6.11. The minimum atomic E-state index is -2.66. The van der Waals surface area contributed by atoms with Gasteiger partial charge in [0.1, 0.15) is 5.82 Å². The molecule has 1 amide bonds. The van der Waals surface area contributed by atoms with Crippen LogP contribution in [0.5, 0.6) is 0 Å². The molecule has 0 bridgehead atoms. The van der Waals surface area contributed by atoms with Crippen molar-refractivity contribution in [1.82, 2.24) is 25.0 Å². The van der Waals surface area contributed by atoms with E-state index >= 15 is 0 Å². The Morgan fingerprint density at radius 1 is 1.25 bits per heavy atom. The van der Waals surface area contributed by atoms with Crippen LogP contribution >= 0.6 is 0 Å². The molecule has 1 aliphatic rings. The molecule has 2 aromatic heterocycles. The van der Waals surface area contributed by atoms with Gasteiger partial charge in [-0.2, -0.15) is 5.10 Å². The Balaban J connectivity index is 1.48. The highest BCUT2D eigenvalue weighted by Gasteiger charge is 2.38. The van der Waals surface area contributed by atoms with Crippen molar-refractivity contribution in [2.75, 3.05) is 64.1 Å². The van der Waals surface area contributed by atoms with Crippen LogP contribution in [0.25, 0.3) is 16.5 Å². The molecule has 0 aliphatic carbocycles. The second-order valence-corrected chi connectivity index (χ2v) is 10.4. The zero-order valence-electron chi connectivity index (χ0n) is 23.4. The van der Waals surface area contributed by atoms with E-state index in [4.69, 9.17) is 0 Å². The number of benzene rings is 1. The molecule has 11 heteroatoms. The summed E-state index contributed by atoms with van der Waals surface area (Å²) in [6.45, 7) is 7.61. The minimum absolute atomic E-state index is 0.138. The van der Waals surface area contributed by atoms with Crippen molar-refractivity contribution in [2.45, 2.75) is 19.3 Å². The molecular weight excluding hydrogens is 514 g/mol. The van der Waals surface area contributed by atoms with Crippen molar-refractivity contribution in [1.29, 1.82) is 0 Å². The standard InChI is InChI=1S/C29H36F2N8O/c1-20(14-21(16-32-2)18-39-11-10-29(30,31)19-39)22-6-8-25-24(15-22)27(36-35-25)28(40)34-23-7-9-26(33-17-23)38(5)13-12-37(3)4/h6-9,14-17H,2,10-13,18-19H2,1,3-5H3,(H,34,40)(H,35,36)/b20-14+,21-16+. The van der Waals surface area contributed by atoms with E-state index in [0.29, 0.717) is 24.2 Å². The van der Waals surface area contributed by atoms with Gasteiger partial charge in [0.15, 0.2) is 5.69 Å². The largest absolute Gasteiger partial charge is 0.358 e. The Kier molecular flexibility index (Phi) is 9.06. The fourth-order valence-corrected chi connectivity index (χ4v) is 4.58. The van der Waals surface area contributed by atoms with E-state index in [1.54, 1.807) is 17.3 Å². The monoisotopic (exact) mass is 550 g/mol. The van der Waals surface area contributed by atoms with Crippen molar-refractivity contribution in [3.8, 4) is 0 Å². The number of allylic oxidation sites excluding steroid dienone is 1. The molecular formula is C29H36F2N8O. The number of fused-ring (bicyclic) bond motifs is 1. The molecule has 3 heterocycles. The van der Waals surface area contributed by atoms with Gasteiger partial charge in [-0.1, -0.05) is 12.1 Å². The molecule has 1 saturated heterocycles. The number of pyridine rings is 1. The predicted molar refractivity (Wildman–Crippen MR) is 157 cm³/mol. The first-order valence-corrected chi connectivity index (χ1v) is 13.1. The van der Waals surface area contributed by atoms with Gasteiger partial charge in [-0.25, -0.2) is 13.8 Å². The second-order valence-electron chi connectivity index (χ2n) is 10.4. The van der Waals surface area contributed by atoms with E-state index in [1.807, 2.05) is 64.5 Å². The summed E-state index contributed by atoms with van der Waals surface area (Å²) in [6, 6.07) is 9.36. The lowest BCUT2D eigenvalue weighted by atomic mass is 10.0. The van der Waals surface area contributed by atoms with Crippen LogP contribution in [-0.4, -0.2) is 97.4 Å². The number of rotatable bonds is 11. The van der Waals surface area contributed by atoms with Crippen LogP contribution in [0.1, 0.15) is 29.4 Å². The summed E-state index contributed by atoms with van der Waals surface area (Å²) in [5.41, 5.74) is 4.10. The normalized spacial score (nSPS) is 16.1. The van der Waals surface area contributed by atoms with E-state index in [-0.39, 0.29) is 24.6 Å². The second kappa shape index (κ2) is 12.5. The third-order valence-corrected chi connectivity index (χ3v) is 6.83. The van der Waals surface area contributed by atoms with Gasteiger partial charge in [-0.05, 0) is 68.7 Å². The first-order valence-electron chi connectivity index (χ1n) is 13.1. The molecule has 0 radical (unpaired) electrons. The molecule has 40 heavy (non-hydrogen) atoms. The molecule has 0 atom stereocenters. The van der Waals surface area contributed by atoms with Crippen LogP contribution in [0.2, 0.25) is 0 Å². The first kappa shape index (κ1) is 29.0. The van der Waals surface area contributed by atoms with E-state index in [2.05, 4.69) is 42.0 Å². The van der Waals surface area contributed by atoms with E-state index < -0.39 is 5.92 Å². The molecule has 2 N–H and O–H groups in total. The number of aromatic amines is 1. The number of anilines is 2. The molecule has 3 aromatic rings. The first-order chi connectivity index (χ1) is 19.0. The molecule has 1 fully saturated rings. The zero-order valence-corrected chi connectivity index (χ0v) is 23.4. The Bertz CT molecular complexity index is 1410. The Morgan fingerprint density at radius 2 is 2.05 bits per heavy atom. The third kappa shape index (κ3) is 7.36. The number of aromatic nitrogens is 3. The molecule has 212 valence electrons. The average Bonchev–Trinajstić information content (AvgIpc) is 3.49. The maximum atomic E-state index is 13.7. The Labute approximate surface area is 233 Å². The van der Waals surface area contributed by atoms with Crippen molar-refractivity contribution in [3.63, 3.8) is 0 Å². The van der Waals surface area contributed by atoms with E-state index in [9.17, 15) is 13.6 Å². The van der Waals surface area contributed by atoms with Gasteiger partial charge in [-0.15, -0.1) is 0 Å². The van der Waals surface area contributed by atoms with Crippen molar-refractivity contribution in [3.05, 3.63) is 65.6 Å². The molecule has 9 nitrogen and oxygen atoms in total. The summed E-state index contributed by atoms with van der Waals surface area (Å²) in [5, 5.41) is 10.7. The highest BCUT2D eigenvalue weighted by Crippen LogP contribution is 2.28. The zero-order chi connectivity index (χ0) is 28.9. The van der Waals surface area contributed by atoms with Crippen LogP contribution in [0.15, 0.2) is 59.4 Å². The average molecular weight is 551 g/mol. The van der Waals surface area contributed by atoms with Gasteiger partial charge in [0.2, 0.25) is 0 Å². The predicted octanol–water partition coefficient (Wildman–Crippen LogP) is 4.54. The Hall–Kier alpha value is -3.96. The van der Waals surface area contributed by atoms with Crippen LogP contribution in [-0.2, 0) is 0 Å². The van der Waals surface area contributed by atoms with Gasteiger partial charge in [-0.3, -0.25) is 19.8 Å². The molecule has 1 aliphatic heterocycles. The van der Waals surface area contributed by atoms with Crippen LogP contribution < -0.4 is 10.2 Å². The maximum Gasteiger partial charge on any atom is 0.276 e. The number of likely N-dealkylation sites (tertiary alicyclic amines) is 1. The fourth-order valence-electron chi connectivity index (χ4n) is 4.58. The highest BCUT2D eigenvalue weighted by atomic mass is 19.3. The molecule has 4 rings (SSSR count). The summed E-state index contributed by atoms with van der Waals surface area (Å²) in [4.78, 5) is 27.3. The number of H-pyrrole nitrogens is 1. The van der Waals surface area contributed by atoms with Gasteiger partial charge in [0.05, 0.1) is 23.9 Å². The SMILES string of the molecule is C=N/C=C(\C=C(/C)c1ccc2[nH]nc(C(=O)Nc3ccc(N(C)CCN(C)C)nc3)c2c1)CN1CCC(F)(F)C1. The summed E-state index contributed by atoms with van der Waals surface area (Å²) >= 11 is 0. The lowest BCUT2D eigenvalue weighted by molar-refractivity contribution is 0.0131. The number of alkyl halides is 2. The van der Waals surface area contributed by atoms with Crippen LogP contribution in [0.4, 0.5) is 20.3 Å². The summed E-state index contributed by atoms with van der Waals surface area (Å²) in [5.74, 6) is -2.20. The number of hydrogen-bond donors (Lipinski definition) is 2. The molecule has 0 unspecified atom stereocenters. The van der Waals surface area contributed by atoms with Gasteiger partial charge in [0, 0.05) is 51.2 Å². The molecule has 1 aromatic carbocycles. The number of nitrogens with one attached hydrogen (secondary N) is 2. The quantitative estimate of drug-likeness (QED) is 0.269. The number of carbonyl (C=O) groups excluding carboxylic acids is 1. The lowest BCUT2D eigenvalue weighted by Gasteiger charge is -2.20. The number of halogens is 2. The summed E-state index contributed by atoms with van der Waals surface area (Å²) < 4.78 is 27.3. The van der Waals surface area contributed by atoms with Gasteiger partial charge < -0.3 is 15.1 Å². The topological polar surface area (TPSA) is 92.7 Å². The third-order valence-electron chi connectivity index (χ3n) is 6.83. The fraction of sp³-hybridized carbons (Fsp3) is 0.379. The summed E-state index contributed by atoms with van der Waals surface area (Å²) in [7, 11) is 6.02. The van der Waals surface area contributed by atoms with Gasteiger partial charge >= 0.3 is 0 Å². The van der Waals surface area contributed by atoms with Gasteiger partial charge in [0.25, 0.3) is 11.8 Å². The number of carbonyl (C=O) groups is 1.